The van der Waals surface area contributed by atoms with E-state index < -0.39 is 0 Å². The molecule has 6 heteroatoms. The summed E-state index contributed by atoms with van der Waals surface area (Å²) in [5.41, 5.74) is 6.03. The highest BCUT2D eigenvalue weighted by atomic mass is 16.5. The summed E-state index contributed by atoms with van der Waals surface area (Å²) in [7, 11) is 3.19. The third kappa shape index (κ3) is 5.15. The maximum absolute atomic E-state index is 7.48. The highest BCUT2D eigenvalue weighted by Crippen LogP contribution is 2.24. The number of nitrogen functional groups attached to an aromatic ring is 1. The smallest absolute Gasteiger partial charge is 0.134 e. The number of benzene rings is 1. The van der Waals surface area contributed by atoms with Crippen molar-refractivity contribution in [3.63, 3.8) is 0 Å². The number of methoxy groups -OCH3 is 2. The Kier molecular flexibility index (Phi) is 6.70. The van der Waals surface area contributed by atoms with Gasteiger partial charge in [0.05, 0.1) is 32.5 Å². The van der Waals surface area contributed by atoms with Gasteiger partial charge in [-0.25, -0.2) is 0 Å². The van der Waals surface area contributed by atoms with Crippen molar-refractivity contribution >= 4 is 5.84 Å². The van der Waals surface area contributed by atoms with Gasteiger partial charge >= 0.3 is 0 Å². The van der Waals surface area contributed by atoms with Crippen LogP contribution in [0.1, 0.15) is 5.56 Å². The van der Waals surface area contributed by atoms with Crippen LogP contribution >= 0.6 is 0 Å². The van der Waals surface area contributed by atoms with Gasteiger partial charge in [-0.05, 0) is 12.1 Å². The number of ether oxygens (including phenoxy) is 4. The Balaban J connectivity index is 2.52. The van der Waals surface area contributed by atoms with Gasteiger partial charge in [0.25, 0.3) is 0 Å². The lowest BCUT2D eigenvalue weighted by Gasteiger charge is -2.12. The second-order valence-electron chi connectivity index (χ2n) is 3.73. The third-order valence-electron chi connectivity index (χ3n) is 2.40. The van der Waals surface area contributed by atoms with Gasteiger partial charge in [0.2, 0.25) is 0 Å². The van der Waals surface area contributed by atoms with Gasteiger partial charge in [-0.2, -0.15) is 0 Å². The zero-order valence-electron chi connectivity index (χ0n) is 11.3. The quantitative estimate of drug-likeness (QED) is 0.397. The molecule has 19 heavy (non-hydrogen) atoms. The Morgan fingerprint density at radius 3 is 2.53 bits per heavy atom. The number of hydrogen-bond donors (Lipinski definition) is 2. The van der Waals surface area contributed by atoms with Gasteiger partial charge < -0.3 is 24.7 Å². The van der Waals surface area contributed by atoms with Gasteiger partial charge in [-0.15, -0.1) is 0 Å². The summed E-state index contributed by atoms with van der Waals surface area (Å²) >= 11 is 0. The SMILES string of the molecule is COCCOCCOc1cc(OC)ccc1C(=N)N. The molecule has 0 saturated heterocycles. The number of amidine groups is 1. The molecule has 0 aliphatic heterocycles. The van der Waals surface area contributed by atoms with E-state index in [0.29, 0.717) is 43.5 Å². The van der Waals surface area contributed by atoms with Crippen molar-refractivity contribution < 1.29 is 18.9 Å². The molecule has 0 heterocycles. The van der Waals surface area contributed by atoms with E-state index >= 15 is 0 Å². The predicted molar refractivity (Wildman–Crippen MR) is 72.2 cm³/mol. The Morgan fingerprint density at radius 1 is 1.16 bits per heavy atom. The lowest BCUT2D eigenvalue weighted by atomic mass is 10.2. The molecule has 6 nitrogen and oxygen atoms in total. The van der Waals surface area contributed by atoms with E-state index in [2.05, 4.69) is 0 Å². The van der Waals surface area contributed by atoms with E-state index in [-0.39, 0.29) is 5.84 Å². The molecule has 0 aliphatic carbocycles. The van der Waals surface area contributed by atoms with Crippen LogP contribution in [0, 0.1) is 5.41 Å². The van der Waals surface area contributed by atoms with Crippen molar-refractivity contribution in [2.24, 2.45) is 5.73 Å². The van der Waals surface area contributed by atoms with Crippen LogP contribution in [0.25, 0.3) is 0 Å². The number of nitrogens with two attached hydrogens (primary N) is 1. The first-order chi connectivity index (χ1) is 9.19. The van der Waals surface area contributed by atoms with Gasteiger partial charge in [-0.3, -0.25) is 5.41 Å². The van der Waals surface area contributed by atoms with Crippen LogP contribution in [0.2, 0.25) is 0 Å². The monoisotopic (exact) mass is 268 g/mol. The molecule has 0 spiro atoms. The van der Waals surface area contributed by atoms with E-state index in [1.165, 1.54) is 0 Å². The average molecular weight is 268 g/mol. The summed E-state index contributed by atoms with van der Waals surface area (Å²) in [6.07, 6.45) is 0. The first-order valence-corrected chi connectivity index (χ1v) is 5.91. The minimum absolute atomic E-state index is 0.0436. The van der Waals surface area contributed by atoms with Gasteiger partial charge in [0.15, 0.2) is 0 Å². The molecule has 0 atom stereocenters. The average Bonchev–Trinajstić information content (AvgIpc) is 2.42. The van der Waals surface area contributed by atoms with Crippen LogP contribution in [0.15, 0.2) is 18.2 Å². The fourth-order valence-electron chi connectivity index (χ4n) is 1.43. The fourth-order valence-corrected chi connectivity index (χ4v) is 1.43. The molecule has 0 bridgehead atoms. The molecular formula is C13H20N2O4. The summed E-state index contributed by atoms with van der Waals surface area (Å²) in [6, 6.07) is 5.13. The summed E-state index contributed by atoms with van der Waals surface area (Å²) in [5.74, 6) is 1.13. The van der Waals surface area contributed by atoms with Gasteiger partial charge in [-0.1, -0.05) is 0 Å². The molecule has 0 amide bonds. The van der Waals surface area contributed by atoms with Crippen molar-refractivity contribution in [1.29, 1.82) is 5.41 Å². The topological polar surface area (TPSA) is 86.8 Å². The molecule has 3 N–H and O–H groups in total. The van der Waals surface area contributed by atoms with E-state index in [4.69, 9.17) is 30.1 Å². The van der Waals surface area contributed by atoms with E-state index in [9.17, 15) is 0 Å². The predicted octanol–water partition coefficient (Wildman–Crippen LogP) is 1.02. The normalized spacial score (nSPS) is 10.2. The Morgan fingerprint density at radius 2 is 1.89 bits per heavy atom. The molecule has 1 aromatic carbocycles. The maximum Gasteiger partial charge on any atom is 0.134 e. The van der Waals surface area contributed by atoms with Crippen LogP contribution in [0.5, 0.6) is 11.5 Å². The lowest BCUT2D eigenvalue weighted by Crippen LogP contribution is -2.15. The lowest BCUT2D eigenvalue weighted by molar-refractivity contribution is 0.0543. The third-order valence-corrected chi connectivity index (χ3v) is 2.40. The maximum atomic E-state index is 7.48. The van der Waals surface area contributed by atoms with E-state index in [1.54, 1.807) is 32.4 Å². The zero-order chi connectivity index (χ0) is 14.1. The first-order valence-electron chi connectivity index (χ1n) is 5.91. The standard InChI is InChI=1S/C13H20N2O4/c1-16-5-6-18-7-8-19-12-9-10(17-2)3-4-11(12)13(14)15/h3-4,9H,5-8H2,1-2H3,(H3,14,15). The van der Waals surface area contributed by atoms with Crippen molar-refractivity contribution in [2.45, 2.75) is 0 Å². The second-order valence-corrected chi connectivity index (χ2v) is 3.73. The summed E-state index contributed by atoms with van der Waals surface area (Å²) in [5, 5.41) is 7.48. The summed E-state index contributed by atoms with van der Waals surface area (Å²) in [6.45, 7) is 1.89. The van der Waals surface area contributed by atoms with Crippen LogP contribution in [-0.4, -0.2) is 46.5 Å². The van der Waals surface area contributed by atoms with Crippen molar-refractivity contribution in [3.8, 4) is 11.5 Å². The first kappa shape index (κ1) is 15.3. The fraction of sp³-hybridized carbons (Fsp3) is 0.462. The molecule has 1 rings (SSSR count). The number of nitrogens with one attached hydrogen (secondary N) is 1. The zero-order valence-corrected chi connectivity index (χ0v) is 11.3. The molecule has 0 radical (unpaired) electrons. The molecule has 0 aromatic heterocycles. The van der Waals surface area contributed by atoms with Gasteiger partial charge in [0, 0.05) is 13.2 Å². The highest BCUT2D eigenvalue weighted by molar-refractivity contribution is 5.97. The van der Waals surface area contributed by atoms with Crippen LogP contribution in [0.4, 0.5) is 0 Å². The Hall–Kier alpha value is -1.79. The largest absolute Gasteiger partial charge is 0.497 e. The van der Waals surface area contributed by atoms with E-state index in [0.717, 1.165) is 0 Å². The molecule has 0 unspecified atom stereocenters. The Bertz CT molecular complexity index is 410. The molecule has 0 fully saturated rings. The minimum atomic E-state index is -0.0436. The molecule has 1 aromatic rings. The molecule has 106 valence electrons. The molecule has 0 aliphatic rings. The van der Waals surface area contributed by atoms with Crippen LogP contribution < -0.4 is 15.2 Å². The number of hydrogen-bond acceptors (Lipinski definition) is 5. The number of rotatable bonds is 9. The Labute approximate surface area is 112 Å². The van der Waals surface area contributed by atoms with Gasteiger partial charge in [0.1, 0.15) is 23.9 Å². The second kappa shape index (κ2) is 8.34. The minimum Gasteiger partial charge on any atom is -0.497 e. The van der Waals surface area contributed by atoms with Crippen molar-refractivity contribution in [3.05, 3.63) is 23.8 Å². The van der Waals surface area contributed by atoms with E-state index in [1.807, 2.05) is 0 Å². The summed E-state index contributed by atoms with van der Waals surface area (Å²) in [4.78, 5) is 0. The van der Waals surface area contributed by atoms with Crippen LogP contribution in [0.3, 0.4) is 0 Å². The molecular weight excluding hydrogens is 248 g/mol. The van der Waals surface area contributed by atoms with Crippen molar-refractivity contribution in [1.82, 2.24) is 0 Å². The summed E-state index contributed by atoms with van der Waals surface area (Å²) < 4.78 is 20.8. The van der Waals surface area contributed by atoms with Crippen molar-refractivity contribution in [2.75, 3.05) is 40.6 Å². The molecule has 0 saturated carbocycles. The highest BCUT2D eigenvalue weighted by Gasteiger charge is 2.08. The van der Waals surface area contributed by atoms with Crippen LogP contribution in [-0.2, 0) is 9.47 Å².